The highest BCUT2D eigenvalue weighted by atomic mass is 33.2. The Hall–Kier alpha value is -0.600. The van der Waals surface area contributed by atoms with Crippen LogP contribution in [0.4, 0.5) is 26.3 Å². The Morgan fingerprint density at radius 3 is 1.18 bits per heavy atom. The molecule has 6 nitrogen and oxygen atoms in total. The van der Waals surface area contributed by atoms with E-state index in [1.54, 1.807) is 0 Å². The van der Waals surface area contributed by atoms with E-state index in [9.17, 15) is 43.2 Å². The maximum atomic E-state index is 12.8. The van der Waals surface area contributed by atoms with Gasteiger partial charge in [0, 0.05) is 0 Å². The van der Waals surface area contributed by atoms with Crippen LogP contribution < -0.4 is 0 Å². The molecule has 0 aromatic heterocycles. The van der Waals surface area contributed by atoms with Gasteiger partial charge >= 0.3 is 35.3 Å². The van der Waals surface area contributed by atoms with Crippen molar-refractivity contribution in [2.24, 2.45) is 0 Å². The Morgan fingerprint density at radius 1 is 0.824 bits per heavy atom. The molecule has 0 bridgehead atoms. The second-order valence-electron chi connectivity index (χ2n) is 2.52. The maximum absolute atomic E-state index is 12.8. The molecule has 104 valence electrons. The summed E-state index contributed by atoms with van der Waals surface area (Å²) in [4.78, 5) is 0. The van der Waals surface area contributed by atoms with Crippen LogP contribution in [-0.2, 0) is 18.0 Å². The van der Waals surface area contributed by atoms with Crippen LogP contribution in [0, 0.1) is 0 Å². The molecule has 0 fully saturated rings. The fourth-order valence-electron chi connectivity index (χ4n) is 0.608. The highest BCUT2D eigenvalue weighted by Gasteiger charge is 2.82. The minimum atomic E-state index is -7.52. The van der Waals surface area contributed by atoms with Crippen molar-refractivity contribution in [3.8, 4) is 0 Å². The molecule has 0 saturated heterocycles. The molecule has 17 heavy (non-hydrogen) atoms. The second-order valence-corrected chi connectivity index (χ2v) is 7.42. The van der Waals surface area contributed by atoms with Crippen LogP contribution in [0.1, 0.15) is 0 Å². The van der Waals surface area contributed by atoms with Gasteiger partial charge in [-0.25, -0.2) is 12.8 Å². The van der Waals surface area contributed by atoms with Crippen molar-refractivity contribution in [3.63, 3.8) is 0 Å². The third-order valence-electron chi connectivity index (χ3n) is 1.37. The van der Waals surface area contributed by atoms with Gasteiger partial charge in [-0.1, -0.05) is 0 Å². The van der Waals surface area contributed by atoms with E-state index in [4.69, 9.17) is 9.66 Å². The molecule has 0 radical (unpaired) electrons. The predicted octanol–water partition coefficient (Wildman–Crippen LogP) is 0.0172. The first-order chi connectivity index (χ1) is 7.00. The minimum absolute atomic E-state index is 6.64. The number of halogens is 6. The van der Waals surface area contributed by atoms with Gasteiger partial charge in [0.05, 0.1) is 0 Å². The fourth-order valence-corrected chi connectivity index (χ4v) is 2.94. The molecule has 0 heterocycles. The quantitative estimate of drug-likeness (QED) is 0.432. The lowest BCUT2D eigenvalue weighted by atomic mass is 10.3. The predicted molar refractivity (Wildman–Crippen MR) is 37.5 cm³/mol. The molecule has 1 unspecified atom stereocenters. The largest absolute Gasteiger partial charge is 0.447 e. The van der Waals surface area contributed by atoms with Crippen LogP contribution >= 0.6 is 0 Å². The van der Waals surface area contributed by atoms with Gasteiger partial charge in [-0.2, -0.15) is 30.4 Å². The van der Waals surface area contributed by atoms with Gasteiger partial charge < -0.3 is 5.11 Å². The van der Waals surface area contributed by atoms with E-state index in [0.29, 0.717) is 0 Å². The lowest BCUT2D eigenvalue weighted by molar-refractivity contribution is -0.335. The molecule has 0 aromatic rings. The smallest absolute Gasteiger partial charge is 0.333 e. The summed E-state index contributed by atoms with van der Waals surface area (Å²) >= 11 is 0. The standard InChI is InChI=1S/C3H2F6O6S2/c4-1(2(5,6)7,3(8,9)10)16(11,12)17(13,14)15/h10H,(H,13,14,15). The Bertz CT molecular complexity index is 481. The molecule has 0 aromatic carbocycles. The van der Waals surface area contributed by atoms with Crippen LogP contribution in [0.2, 0.25) is 0 Å². The van der Waals surface area contributed by atoms with Crippen LogP contribution in [0.25, 0.3) is 0 Å². The topological polar surface area (TPSA) is 109 Å². The summed E-state index contributed by atoms with van der Waals surface area (Å²) in [6.45, 7) is 0. The van der Waals surface area contributed by atoms with Crippen molar-refractivity contribution >= 4 is 18.0 Å². The van der Waals surface area contributed by atoms with Crippen molar-refractivity contribution in [3.05, 3.63) is 0 Å². The zero-order valence-electron chi connectivity index (χ0n) is 7.11. The molecular formula is C3H2F6O6S2. The highest BCUT2D eigenvalue weighted by Crippen LogP contribution is 2.49. The van der Waals surface area contributed by atoms with Crippen molar-refractivity contribution in [2.45, 2.75) is 17.3 Å². The van der Waals surface area contributed by atoms with Gasteiger partial charge in [0.2, 0.25) is 0 Å². The average molecular weight is 312 g/mol. The second kappa shape index (κ2) is 3.69. The average Bonchev–Trinajstić information content (AvgIpc) is 1.95. The molecule has 2 N–H and O–H groups in total. The molecule has 14 heteroatoms. The molecule has 0 aliphatic heterocycles. The number of rotatable bonds is 3. The first-order valence-electron chi connectivity index (χ1n) is 3.08. The molecule has 0 amide bonds. The molecule has 0 spiro atoms. The van der Waals surface area contributed by atoms with Crippen molar-refractivity contribution < 1.29 is 52.8 Å². The van der Waals surface area contributed by atoms with E-state index < -0.39 is 35.3 Å². The zero-order chi connectivity index (χ0) is 14.5. The fraction of sp³-hybridized carbons (Fsp3) is 1.00. The molecule has 1 atom stereocenters. The summed E-state index contributed by atoms with van der Waals surface area (Å²) in [5.74, 6) is 0. The van der Waals surface area contributed by atoms with E-state index in [2.05, 4.69) is 0 Å². The molecule has 0 saturated carbocycles. The van der Waals surface area contributed by atoms with Crippen LogP contribution in [0.5, 0.6) is 0 Å². The minimum Gasteiger partial charge on any atom is -0.333 e. The zero-order valence-corrected chi connectivity index (χ0v) is 8.74. The number of hydrogen-bond donors (Lipinski definition) is 2. The summed E-state index contributed by atoms with van der Waals surface area (Å²) in [6.07, 6.45) is -13.7. The summed E-state index contributed by atoms with van der Waals surface area (Å²) in [5.41, 5.74) is 0. The lowest BCUT2D eigenvalue weighted by Gasteiger charge is -2.28. The Labute approximate surface area is 88.9 Å². The van der Waals surface area contributed by atoms with Gasteiger partial charge in [0.15, 0.2) is 0 Å². The number of aliphatic hydroxyl groups is 1. The Balaban J connectivity index is 6.47. The van der Waals surface area contributed by atoms with Crippen molar-refractivity contribution in [1.82, 2.24) is 0 Å². The Morgan fingerprint density at radius 2 is 1.12 bits per heavy atom. The van der Waals surface area contributed by atoms with E-state index in [-0.39, 0.29) is 0 Å². The van der Waals surface area contributed by atoms with Crippen LogP contribution in [0.3, 0.4) is 0 Å². The van der Waals surface area contributed by atoms with Crippen LogP contribution in [-0.4, -0.2) is 43.8 Å². The van der Waals surface area contributed by atoms with Gasteiger partial charge in [-0.15, -0.1) is 0 Å². The monoisotopic (exact) mass is 312 g/mol. The van der Waals surface area contributed by atoms with E-state index >= 15 is 0 Å². The third-order valence-corrected chi connectivity index (χ3v) is 5.45. The SMILES string of the molecule is O=S(=O)(O)S(=O)(=O)C(F)(C(O)(F)F)C(F)(F)F. The Kier molecular flexibility index (Phi) is 3.56. The molecular weight excluding hydrogens is 310 g/mol. The first-order valence-corrected chi connectivity index (χ1v) is 6.52. The summed E-state index contributed by atoms with van der Waals surface area (Å²) in [6, 6.07) is 0. The third kappa shape index (κ3) is 2.21. The molecule has 0 aliphatic carbocycles. The highest BCUT2D eigenvalue weighted by molar-refractivity contribution is 8.65. The number of hydrogen-bond acceptors (Lipinski definition) is 5. The van der Waals surface area contributed by atoms with Gasteiger partial charge in [0.1, 0.15) is 0 Å². The van der Waals surface area contributed by atoms with Crippen molar-refractivity contribution in [1.29, 1.82) is 0 Å². The maximum Gasteiger partial charge on any atom is 0.447 e. The van der Waals surface area contributed by atoms with Gasteiger partial charge in [-0.3, -0.25) is 4.55 Å². The summed E-state index contributed by atoms with van der Waals surface area (Å²) < 4.78 is 121. The lowest BCUT2D eigenvalue weighted by Crippen LogP contribution is -2.61. The number of alkyl halides is 6. The molecule has 0 aliphatic rings. The van der Waals surface area contributed by atoms with Crippen LogP contribution in [0.15, 0.2) is 0 Å². The van der Waals surface area contributed by atoms with Gasteiger partial charge in [-0.05, 0) is 0 Å². The normalized spacial score (nSPS) is 18.8. The first kappa shape index (κ1) is 16.4. The summed E-state index contributed by atoms with van der Waals surface area (Å²) in [7, 11) is -14.4. The summed E-state index contributed by atoms with van der Waals surface area (Å²) in [5, 5.41) is 0.700. The van der Waals surface area contributed by atoms with E-state index in [1.807, 2.05) is 0 Å². The van der Waals surface area contributed by atoms with E-state index in [1.165, 1.54) is 0 Å². The van der Waals surface area contributed by atoms with Gasteiger partial charge in [0.25, 0.3) is 0 Å². The molecule has 0 rings (SSSR count). The van der Waals surface area contributed by atoms with Crippen molar-refractivity contribution in [2.75, 3.05) is 0 Å². The van der Waals surface area contributed by atoms with E-state index in [0.717, 1.165) is 0 Å².